The number of methoxy groups -OCH3 is 1. The molecule has 1 aliphatic rings. The van der Waals surface area contributed by atoms with Crippen LogP contribution in [0.25, 0.3) is 0 Å². The first-order chi connectivity index (χ1) is 8.02. The number of nitrogens with zero attached hydrogens (tertiary/aromatic N) is 3. The van der Waals surface area contributed by atoms with E-state index in [-0.39, 0.29) is 11.6 Å². The van der Waals surface area contributed by atoms with Gasteiger partial charge in [0.1, 0.15) is 6.10 Å². The predicted octanol–water partition coefficient (Wildman–Crippen LogP) is 1.43. The molecule has 0 spiro atoms. The molecule has 5 nitrogen and oxygen atoms in total. The van der Waals surface area contributed by atoms with E-state index in [1.807, 2.05) is 6.92 Å². The highest BCUT2D eigenvalue weighted by Gasteiger charge is 2.27. The van der Waals surface area contributed by atoms with Crippen LogP contribution in [0.4, 0.5) is 5.13 Å². The second-order valence-corrected chi connectivity index (χ2v) is 5.78. The molecule has 0 aromatic carbocycles. The molecule has 2 rings (SSSR count). The third-order valence-corrected chi connectivity index (χ3v) is 3.78. The van der Waals surface area contributed by atoms with E-state index < -0.39 is 0 Å². The highest BCUT2D eigenvalue weighted by Crippen LogP contribution is 2.24. The Hall–Kier alpha value is -0.720. The molecule has 2 heterocycles. The number of hydrogen-bond donors (Lipinski definition) is 1. The summed E-state index contributed by atoms with van der Waals surface area (Å²) in [4.78, 5) is 6.84. The fourth-order valence-electron chi connectivity index (χ4n) is 1.93. The number of piperazine rings is 1. The van der Waals surface area contributed by atoms with Crippen LogP contribution in [0.15, 0.2) is 0 Å². The minimum absolute atomic E-state index is 0.0316. The minimum Gasteiger partial charge on any atom is -0.374 e. The van der Waals surface area contributed by atoms with Crippen molar-refractivity contribution in [3.63, 3.8) is 0 Å². The van der Waals surface area contributed by atoms with E-state index in [0.29, 0.717) is 0 Å². The van der Waals surface area contributed by atoms with Crippen LogP contribution in [0, 0.1) is 0 Å². The third kappa shape index (κ3) is 2.94. The quantitative estimate of drug-likeness (QED) is 0.886. The van der Waals surface area contributed by atoms with E-state index in [9.17, 15) is 0 Å². The molecule has 1 aliphatic heterocycles. The van der Waals surface area contributed by atoms with Crippen molar-refractivity contribution in [3.05, 3.63) is 5.82 Å². The lowest BCUT2D eigenvalue weighted by molar-refractivity contribution is 0.113. The van der Waals surface area contributed by atoms with E-state index in [0.717, 1.165) is 30.6 Å². The maximum absolute atomic E-state index is 5.23. The molecule has 6 heteroatoms. The van der Waals surface area contributed by atoms with Gasteiger partial charge in [-0.1, -0.05) is 0 Å². The molecule has 17 heavy (non-hydrogen) atoms. The van der Waals surface area contributed by atoms with Crippen molar-refractivity contribution in [2.75, 3.05) is 31.6 Å². The molecule has 1 atom stereocenters. The Bertz CT molecular complexity index is 379. The molecule has 1 fully saturated rings. The highest BCUT2D eigenvalue weighted by molar-refractivity contribution is 7.09. The lowest BCUT2D eigenvalue weighted by Gasteiger charge is -2.38. The van der Waals surface area contributed by atoms with Crippen molar-refractivity contribution in [3.8, 4) is 0 Å². The fourth-order valence-corrected chi connectivity index (χ4v) is 2.70. The highest BCUT2D eigenvalue weighted by atomic mass is 32.1. The summed E-state index contributed by atoms with van der Waals surface area (Å²) in [6, 6.07) is 0. The van der Waals surface area contributed by atoms with Crippen LogP contribution in [-0.4, -0.2) is 41.6 Å². The molecular formula is C11H20N4OS. The number of aromatic nitrogens is 2. The van der Waals surface area contributed by atoms with Crippen molar-refractivity contribution < 1.29 is 4.74 Å². The van der Waals surface area contributed by atoms with Gasteiger partial charge in [0.05, 0.1) is 0 Å². The summed E-state index contributed by atoms with van der Waals surface area (Å²) in [7, 11) is 1.68. The maximum atomic E-state index is 5.23. The van der Waals surface area contributed by atoms with Crippen LogP contribution < -0.4 is 10.2 Å². The molecule has 0 amide bonds. The van der Waals surface area contributed by atoms with Gasteiger partial charge in [-0.15, -0.1) is 0 Å². The monoisotopic (exact) mass is 256 g/mol. The molecule has 0 radical (unpaired) electrons. The van der Waals surface area contributed by atoms with E-state index in [1.165, 1.54) is 11.5 Å². The summed E-state index contributed by atoms with van der Waals surface area (Å²) < 4.78 is 9.58. The minimum atomic E-state index is -0.0316. The van der Waals surface area contributed by atoms with Gasteiger partial charge in [-0.3, -0.25) is 0 Å². The average Bonchev–Trinajstić information content (AvgIpc) is 2.76. The van der Waals surface area contributed by atoms with Gasteiger partial charge in [0.2, 0.25) is 5.13 Å². The van der Waals surface area contributed by atoms with Crippen LogP contribution in [0.5, 0.6) is 0 Å². The van der Waals surface area contributed by atoms with Gasteiger partial charge in [-0.25, -0.2) is 4.98 Å². The molecule has 96 valence electrons. The summed E-state index contributed by atoms with van der Waals surface area (Å²) in [5.41, 5.74) is 0.136. The predicted molar refractivity (Wildman–Crippen MR) is 69.6 cm³/mol. The second-order valence-electron chi connectivity index (χ2n) is 5.05. The van der Waals surface area contributed by atoms with Crippen LogP contribution in [-0.2, 0) is 4.74 Å². The van der Waals surface area contributed by atoms with Gasteiger partial charge in [0.15, 0.2) is 5.82 Å². The Kier molecular flexibility index (Phi) is 3.65. The van der Waals surface area contributed by atoms with E-state index in [1.54, 1.807) is 7.11 Å². The summed E-state index contributed by atoms with van der Waals surface area (Å²) in [6.07, 6.45) is -0.0316. The van der Waals surface area contributed by atoms with Crippen LogP contribution in [0.2, 0.25) is 0 Å². The molecule has 0 bridgehead atoms. The van der Waals surface area contributed by atoms with E-state index >= 15 is 0 Å². The van der Waals surface area contributed by atoms with Crippen LogP contribution >= 0.6 is 11.5 Å². The van der Waals surface area contributed by atoms with Gasteiger partial charge in [0, 0.05) is 43.8 Å². The molecule has 1 N–H and O–H groups in total. The second kappa shape index (κ2) is 4.88. The molecule has 1 unspecified atom stereocenters. The zero-order valence-corrected chi connectivity index (χ0v) is 11.7. The standard InChI is InChI=1S/C11H20N4OS/c1-8(16-4)9-13-10(17-14-9)15-6-5-12-11(2,3)7-15/h8,12H,5-7H2,1-4H3. The van der Waals surface area contributed by atoms with Crippen LogP contribution in [0.3, 0.4) is 0 Å². The number of nitrogens with one attached hydrogen (secondary N) is 1. The Labute approximate surface area is 106 Å². The van der Waals surface area contributed by atoms with Crippen molar-refractivity contribution >= 4 is 16.7 Å². The number of anilines is 1. The first-order valence-electron chi connectivity index (χ1n) is 5.88. The zero-order chi connectivity index (χ0) is 12.5. The molecule has 0 aliphatic carbocycles. The number of rotatable bonds is 3. The van der Waals surface area contributed by atoms with Crippen molar-refractivity contribution in [2.24, 2.45) is 0 Å². The lowest BCUT2D eigenvalue weighted by atomic mass is 10.0. The summed E-state index contributed by atoms with van der Waals surface area (Å²) in [5.74, 6) is 0.781. The molecule has 1 aromatic heterocycles. The molecule has 1 saturated heterocycles. The van der Waals surface area contributed by atoms with Crippen LogP contribution in [0.1, 0.15) is 32.7 Å². The topological polar surface area (TPSA) is 50.3 Å². The molecular weight excluding hydrogens is 236 g/mol. The summed E-state index contributed by atoms with van der Waals surface area (Å²) in [6.45, 7) is 9.31. The first kappa shape index (κ1) is 12.7. The van der Waals surface area contributed by atoms with Gasteiger partial charge >= 0.3 is 0 Å². The Morgan fingerprint density at radius 2 is 2.29 bits per heavy atom. The maximum Gasteiger partial charge on any atom is 0.205 e. The van der Waals surface area contributed by atoms with Gasteiger partial charge in [0.25, 0.3) is 0 Å². The lowest BCUT2D eigenvalue weighted by Crippen LogP contribution is -2.57. The normalized spacial score (nSPS) is 21.5. The summed E-state index contributed by atoms with van der Waals surface area (Å²) in [5, 5.41) is 4.49. The average molecular weight is 256 g/mol. The van der Waals surface area contributed by atoms with Gasteiger partial charge in [-0.2, -0.15) is 4.37 Å². The van der Waals surface area contributed by atoms with Gasteiger partial charge < -0.3 is 15.0 Å². The Morgan fingerprint density at radius 1 is 1.53 bits per heavy atom. The Morgan fingerprint density at radius 3 is 2.94 bits per heavy atom. The van der Waals surface area contributed by atoms with Crippen molar-refractivity contribution in [1.82, 2.24) is 14.7 Å². The molecule has 0 saturated carbocycles. The van der Waals surface area contributed by atoms with Gasteiger partial charge in [-0.05, 0) is 20.8 Å². The fraction of sp³-hybridized carbons (Fsp3) is 0.818. The van der Waals surface area contributed by atoms with Crippen molar-refractivity contribution in [2.45, 2.75) is 32.4 Å². The molecule has 1 aromatic rings. The van der Waals surface area contributed by atoms with E-state index in [2.05, 4.69) is 33.4 Å². The number of hydrogen-bond acceptors (Lipinski definition) is 6. The smallest absolute Gasteiger partial charge is 0.205 e. The first-order valence-corrected chi connectivity index (χ1v) is 6.65. The third-order valence-electron chi connectivity index (χ3n) is 2.99. The Balaban J connectivity index is 2.09. The largest absolute Gasteiger partial charge is 0.374 e. The summed E-state index contributed by atoms with van der Waals surface area (Å²) >= 11 is 1.46. The number of ether oxygens (including phenoxy) is 1. The zero-order valence-electron chi connectivity index (χ0n) is 10.9. The SMILES string of the molecule is COC(C)c1nsc(N2CCNC(C)(C)C2)n1. The van der Waals surface area contributed by atoms with E-state index in [4.69, 9.17) is 4.74 Å². The van der Waals surface area contributed by atoms with Crippen molar-refractivity contribution in [1.29, 1.82) is 0 Å².